The summed E-state index contributed by atoms with van der Waals surface area (Å²) in [6, 6.07) is 75.1. The Bertz CT molecular complexity index is 3980. The van der Waals surface area contributed by atoms with Crippen LogP contribution in [0, 0.1) is 0 Å². The zero-order valence-corrected chi connectivity index (χ0v) is 33.7. The molecule has 0 aliphatic carbocycles. The lowest BCUT2D eigenvalue weighted by Gasteiger charge is -2.22. The van der Waals surface area contributed by atoms with Gasteiger partial charge in [0.2, 0.25) is 0 Å². The summed E-state index contributed by atoms with van der Waals surface area (Å²) in [6.07, 6.45) is 4.23. The number of hydrogen-bond donors (Lipinski definition) is 0. The van der Waals surface area contributed by atoms with Crippen LogP contribution < -0.4 is 0 Å². The quantitative estimate of drug-likeness (QED) is 0.131. The van der Waals surface area contributed by atoms with E-state index >= 15 is 0 Å². The van der Waals surface area contributed by atoms with Crippen LogP contribution in [-0.4, -0.2) is 9.97 Å². The third-order valence-corrected chi connectivity index (χ3v) is 13.1. The Morgan fingerprint density at radius 2 is 0.645 bits per heavy atom. The molecule has 0 amide bonds. The Labute approximate surface area is 358 Å². The molecule has 13 rings (SSSR count). The highest BCUT2D eigenvalue weighted by Gasteiger charge is 2.24. The molecule has 0 N–H and O–H groups in total. The predicted molar refractivity (Wildman–Crippen MR) is 264 cm³/mol. The van der Waals surface area contributed by atoms with Gasteiger partial charge in [0, 0.05) is 44.7 Å². The number of pyridine rings is 2. The summed E-state index contributed by atoms with van der Waals surface area (Å²) in [5.41, 5.74) is 11.6. The lowest BCUT2D eigenvalue weighted by atomic mass is 9.81. The third kappa shape index (κ3) is 5.11. The van der Waals surface area contributed by atoms with Gasteiger partial charge in [0.05, 0.1) is 11.0 Å². The first-order valence-electron chi connectivity index (χ1n) is 21.3. The molecule has 2 nitrogen and oxygen atoms in total. The van der Waals surface area contributed by atoms with Gasteiger partial charge in [0.25, 0.3) is 0 Å². The van der Waals surface area contributed by atoms with Crippen LogP contribution in [0.3, 0.4) is 0 Å². The molecule has 0 bridgehead atoms. The first kappa shape index (κ1) is 34.6. The van der Waals surface area contributed by atoms with Crippen LogP contribution in [0.25, 0.3) is 131 Å². The highest BCUT2D eigenvalue weighted by Crippen LogP contribution is 2.51. The molecule has 0 atom stereocenters. The Morgan fingerprint density at radius 1 is 0.242 bits per heavy atom. The molecule has 0 saturated carbocycles. The van der Waals surface area contributed by atoms with E-state index in [2.05, 4.69) is 219 Å². The largest absolute Gasteiger partial charge is 0.256 e. The minimum absolute atomic E-state index is 0.988. The molecule has 0 aliphatic heterocycles. The predicted octanol–water partition coefficient (Wildman–Crippen LogP) is 16.4. The van der Waals surface area contributed by atoms with Crippen molar-refractivity contribution in [2.45, 2.75) is 0 Å². The van der Waals surface area contributed by atoms with E-state index in [1.54, 1.807) is 0 Å². The van der Waals surface area contributed by atoms with Crippen molar-refractivity contribution in [3.8, 4) is 44.5 Å². The summed E-state index contributed by atoms with van der Waals surface area (Å²) in [5.74, 6) is 0. The smallest absolute Gasteiger partial charge is 0.0708 e. The molecule has 11 aromatic carbocycles. The fraction of sp³-hybridized carbons (Fsp3) is 0. The number of benzene rings is 11. The van der Waals surface area contributed by atoms with Gasteiger partial charge < -0.3 is 0 Å². The topological polar surface area (TPSA) is 25.8 Å². The summed E-state index contributed by atoms with van der Waals surface area (Å²) >= 11 is 0. The maximum absolute atomic E-state index is 5.15. The third-order valence-electron chi connectivity index (χ3n) is 13.1. The highest BCUT2D eigenvalue weighted by molar-refractivity contribution is 6.31. The van der Waals surface area contributed by atoms with Crippen molar-refractivity contribution in [1.29, 1.82) is 0 Å². The Hall–Kier alpha value is -8.20. The fourth-order valence-corrected chi connectivity index (χ4v) is 10.5. The SMILES string of the molecule is c1ccc(-c2c3ccccc3c(-c3ccc(-c4c5ccccc5c(-c5ccc6ccccc6c5)c5c4cnc4ccccc45)c4ccccc34)c3cnc4ccccc4c23)cc1. The molecule has 62 heavy (non-hydrogen) atoms. The van der Waals surface area contributed by atoms with E-state index in [4.69, 9.17) is 9.97 Å². The number of fused-ring (bicyclic) bond motifs is 10. The second-order valence-electron chi connectivity index (χ2n) is 16.4. The van der Waals surface area contributed by atoms with Crippen LogP contribution in [0.1, 0.15) is 0 Å². The first-order valence-corrected chi connectivity index (χ1v) is 21.3. The van der Waals surface area contributed by atoms with Crippen molar-refractivity contribution >= 4 is 86.4 Å². The van der Waals surface area contributed by atoms with Crippen molar-refractivity contribution in [1.82, 2.24) is 9.97 Å². The monoisotopic (exact) mass is 784 g/mol. The summed E-state index contributed by atoms with van der Waals surface area (Å²) in [6.45, 7) is 0. The molecular weight excluding hydrogens is 749 g/mol. The lowest BCUT2D eigenvalue weighted by Crippen LogP contribution is -1.96. The van der Waals surface area contributed by atoms with E-state index in [1.807, 2.05) is 0 Å². The Morgan fingerprint density at radius 3 is 1.18 bits per heavy atom. The fourth-order valence-electron chi connectivity index (χ4n) is 10.5. The maximum atomic E-state index is 5.15. The average Bonchev–Trinajstić information content (AvgIpc) is 3.34. The number of nitrogens with zero attached hydrogens (tertiary/aromatic N) is 2. The Balaban J connectivity index is 1.15. The van der Waals surface area contributed by atoms with Gasteiger partial charge in [-0.05, 0) is 106 Å². The highest BCUT2D eigenvalue weighted by atomic mass is 14.7. The molecule has 2 heteroatoms. The zero-order valence-electron chi connectivity index (χ0n) is 33.7. The molecule has 0 saturated heterocycles. The van der Waals surface area contributed by atoms with E-state index in [9.17, 15) is 0 Å². The van der Waals surface area contributed by atoms with Gasteiger partial charge in [-0.2, -0.15) is 0 Å². The van der Waals surface area contributed by atoms with Crippen LogP contribution in [0.4, 0.5) is 0 Å². The molecule has 2 heterocycles. The van der Waals surface area contributed by atoms with Crippen LogP contribution in [0.5, 0.6) is 0 Å². The first-order chi connectivity index (χ1) is 30.8. The van der Waals surface area contributed by atoms with Gasteiger partial charge in [-0.3, -0.25) is 9.97 Å². The lowest BCUT2D eigenvalue weighted by molar-refractivity contribution is 1.45. The summed E-state index contributed by atoms with van der Waals surface area (Å²) in [4.78, 5) is 10.3. The molecule has 2 aromatic heterocycles. The van der Waals surface area contributed by atoms with Crippen molar-refractivity contribution < 1.29 is 0 Å². The Kier molecular flexibility index (Phi) is 7.64. The molecule has 13 aromatic rings. The molecular formula is C60H36N2. The van der Waals surface area contributed by atoms with Gasteiger partial charge in [0.15, 0.2) is 0 Å². The van der Waals surface area contributed by atoms with E-state index in [-0.39, 0.29) is 0 Å². The van der Waals surface area contributed by atoms with Gasteiger partial charge in [0.1, 0.15) is 0 Å². The molecule has 0 spiro atoms. The molecule has 0 aliphatic rings. The van der Waals surface area contributed by atoms with Crippen molar-refractivity contribution in [3.63, 3.8) is 0 Å². The van der Waals surface area contributed by atoms with Crippen LogP contribution in [0.15, 0.2) is 219 Å². The van der Waals surface area contributed by atoms with Gasteiger partial charge in [-0.1, -0.05) is 188 Å². The van der Waals surface area contributed by atoms with Crippen molar-refractivity contribution in [2.75, 3.05) is 0 Å². The standard InChI is InChI=1S/C60H36N2/c1-2-17-38(18-3-1)55-43-22-8-10-24-45(43)57(51-35-61-53-28-14-12-26-49(53)59(51)55)47-32-33-48(42-21-7-6-20-41(42)47)58-46-25-11-9-23-44(46)56(40-31-30-37-16-4-5-19-39(37)34-40)60-50-27-13-15-29-54(50)62-36-52(58)60/h1-36H. The van der Waals surface area contributed by atoms with Gasteiger partial charge in [-0.25, -0.2) is 0 Å². The number of para-hydroxylation sites is 2. The van der Waals surface area contributed by atoms with Crippen LogP contribution in [-0.2, 0) is 0 Å². The molecule has 0 fully saturated rings. The molecule has 0 radical (unpaired) electrons. The van der Waals surface area contributed by atoms with Crippen LogP contribution in [0.2, 0.25) is 0 Å². The van der Waals surface area contributed by atoms with E-state index in [1.165, 1.54) is 98.4 Å². The van der Waals surface area contributed by atoms with Crippen molar-refractivity contribution in [2.24, 2.45) is 0 Å². The number of hydrogen-bond acceptors (Lipinski definition) is 2. The number of aromatic nitrogens is 2. The number of rotatable bonds is 4. The zero-order chi connectivity index (χ0) is 40.7. The van der Waals surface area contributed by atoms with Gasteiger partial charge in [-0.15, -0.1) is 0 Å². The minimum Gasteiger partial charge on any atom is -0.256 e. The normalized spacial score (nSPS) is 11.9. The summed E-state index contributed by atoms with van der Waals surface area (Å²) in [5, 5.41) is 16.8. The second-order valence-corrected chi connectivity index (χ2v) is 16.4. The summed E-state index contributed by atoms with van der Waals surface area (Å²) < 4.78 is 0. The van der Waals surface area contributed by atoms with E-state index in [0.29, 0.717) is 0 Å². The molecule has 0 unspecified atom stereocenters. The van der Waals surface area contributed by atoms with Crippen molar-refractivity contribution in [3.05, 3.63) is 219 Å². The summed E-state index contributed by atoms with van der Waals surface area (Å²) in [7, 11) is 0. The van der Waals surface area contributed by atoms with E-state index < -0.39 is 0 Å². The molecule has 286 valence electrons. The average molecular weight is 785 g/mol. The minimum atomic E-state index is 0.988. The van der Waals surface area contributed by atoms with E-state index in [0.717, 1.165) is 32.6 Å². The maximum Gasteiger partial charge on any atom is 0.0708 e. The van der Waals surface area contributed by atoms with Gasteiger partial charge >= 0.3 is 0 Å². The second kappa shape index (κ2) is 13.7. The van der Waals surface area contributed by atoms with Crippen LogP contribution >= 0.6 is 0 Å².